The van der Waals surface area contributed by atoms with Crippen molar-refractivity contribution in [2.24, 2.45) is 0 Å². The molecule has 0 amide bonds. The van der Waals surface area contributed by atoms with Crippen LogP contribution in [0.4, 0.5) is 11.4 Å². The minimum atomic E-state index is -0.607. The van der Waals surface area contributed by atoms with Crippen LogP contribution in [0.15, 0.2) is 12.1 Å². The molecule has 0 aliphatic carbocycles. The molecule has 5 nitrogen and oxygen atoms in total. The molecule has 12 heavy (non-hydrogen) atoms. The van der Waals surface area contributed by atoms with Gasteiger partial charge >= 0.3 is 0 Å². The summed E-state index contributed by atoms with van der Waals surface area (Å²) in [6, 6.07) is 2.78. The van der Waals surface area contributed by atoms with Gasteiger partial charge in [0.25, 0.3) is 5.69 Å². The van der Waals surface area contributed by atoms with Gasteiger partial charge in [0.1, 0.15) is 5.75 Å². The number of hydrogen-bond acceptors (Lipinski definition) is 4. The maximum atomic E-state index is 10.4. The van der Waals surface area contributed by atoms with E-state index < -0.39 is 4.92 Å². The fourth-order valence-corrected chi connectivity index (χ4v) is 0.949. The van der Waals surface area contributed by atoms with Crippen molar-refractivity contribution in [2.75, 3.05) is 5.73 Å². The van der Waals surface area contributed by atoms with Crippen molar-refractivity contribution in [3.05, 3.63) is 27.8 Å². The van der Waals surface area contributed by atoms with E-state index in [-0.39, 0.29) is 17.1 Å². The monoisotopic (exact) mass is 168 g/mol. The summed E-state index contributed by atoms with van der Waals surface area (Å²) in [4.78, 5) is 9.80. The van der Waals surface area contributed by atoms with Gasteiger partial charge in [-0.15, -0.1) is 0 Å². The molecule has 0 fully saturated rings. The second kappa shape index (κ2) is 2.69. The summed E-state index contributed by atoms with van der Waals surface area (Å²) < 4.78 is 0. The highest BCUT2D eigenvalue weighted by molar-refractivity contribution is 5.69. The van der Waals surface area contributed by atoms with Crippen LogP contribution in [0.3, 0.4) is 0 Å². The molecule has 3 N–H and O–H groups in total. The molecule has 0 unspecified atom stereocenters. The molecule has 0 aliphatic heterocycles. The van der Waals surface area contributed by atoms with Gasteiger partial charge in [-0.05, 0) is 19.1 Å². The van der Waals surface area contributed by atoms with Crippen LogP contribution < -0.4 is 5.73 Å². The van der Waals surface area contributed by atoms with E-state index in [2.05, 4.69) is 0 Å². The smallest absolute Gasteiger partial charge is 0.298 e. The molecular weight excluding hydrogens is 160 g/mol. The van der Waals surface area contributed by atoms with Crippen LogP contribution >= 0.6 is 0 Å². The van der Waals surface area contributed by atoms with Crippen molar-refractivity contribution in [1.82, 2.24) is 0 Å². The number of nitrogens with zero attached hydrogens (tertiary/aromatic N) is 1. The van der Waals surface area contributed by atoms with Crippen LogP contribution in [0.5, 0.6) is 5.75 Å². The Bertz CT molecular complexity index is 336. The number of phenolic OH excluding ortho intramolecular Hbond substituents is 1. The molecule has 0 radical (unpaired) electrons. The summed E-state index contributed by atoms with van der Waals surface area (Å²) >= 11 is 0. The fourth-order valence-electron chi connectivity index (χ4n) is 0.949. The topological polar surface area (TPSA) is 89.4 Å². The van der Waals surface area contributed by atoms with Gasteiger partial charge in [-0.2, -0.15) is 0 Å². The van der Waals surface area contributed by atoms with Gasteiger partial charge in [-0.1, -0.05) is 0 Å². The molecule has 0 saturated heterocycles. The van der Waals surface area contributed by atoms with Gasteiger partial charge in [0.2, 0.25) is 0 Å². The van der Waals surface area contributed by atoms with Gasteiger partial charge in [0.05, 0.1) is 4.92 Å². The molecule has 64 valence electrons. The van der Waals surface area contributed by atoms with E-state index >= 15 is 0 Å². The number of hydrogen-bond donors (Lipinski definition) is 2. The van der Waals surface area contributed by atoms with Crippen LogP contribution in [0.25, 0.3) is 0 Å². The third-order valence-corrected chi connectivity index (χ3v) is 1.58. The van der Waals surface area contributed by atoms with E-state index in [9.17, 15) is 10.1 Å². The number of nitro groups is 1. The Morgan fingerprint density at radius 2 is 2.17 bits per heavy atom. The first-order valence-corrected chi connectivity index (χ1v) is 3.26. The van der Waals surface area contributed by atoms with Crippen molar-refractivity contribution in [2.45, 2.75) is 6.92 Å². The zero-order valence-electron chi connectivity index (χ0n) is 6.44. The number of anilines is 1. The molecule has 0 aliphatic rings. The Morgan fingerprint density at radius 1 is 1.58 bits per heavy atom. The maximum absolute atomic E-state index is 10.4. The summed E-state index contributed by atoms with van der Waals surface area (Å²) in [7, 11) is 0. The molecule has 0 spiro atoms. The lowest BCUT2D eigenvalue weighted by atomic mass is 10.1. The molecule has 1 rings (SSSR count). The second-order valence-corrected chi connectivity index (χ2v) is 2.42. The van der Waals surface area contributed by atoms with E-state index in [4.69, 9.17) is 10.8 Å². The summed E-state index contributed by atoms with van der Waals surface area (Å²) in [5.74, 6) is -0.257. The van der Waals surface area contributed by atoms with Gasteiger partial charge in [-0.3, -0.25) is 10.1 Å². The SMILES string of the molecule is Cc1ccc(O)c(N)c1[N+](=O)[O-]. The summed E-state index contributed by atoms with van der Waals surface area (Å²) in [6.45, 7) is 1.56. The Morgan fingerprint density at radius 3 is 2.58 bits per heavy atom. The highest BCUT2D eigenvalue weighted by atomic mass is 16.6. The molecular formula is C7H8N2O3. The van der Waals surface area contributed by atoms with Crippen molar-refractivity contribution < 1.29 is 10.0 Å². The lowest BCUT2D eigenvalue weighted by Gasteiger charge is -2.01. The average Bonchev–Trinajstić information content (AvgIpc) is 1.97. The third-order valence-electron chi connectivity index (χ3n) is 1.58. The number of aromatic hydroxyl groups is 1. The van der Waals surface area contributed by atoms with E-state index in [0.717, 1.165) is 0 Å². The van der Waals surface area contributed by atoms with E-state index in [0.29, 0.717) is 5.56 Å². The Labute approximate surface area is 68.6 Å². The molecule has 0 atom stereocenters. The zero-order chi connectivity index (χ0) is 9.30. The number of phenols is 1. The molecule has 0 bridgehead atoms. The average molecular weight is 168 g/mol. The number of nitro benzene ring substituents is 1. The lowest BCUT2D eigenvalue weighted by Crippen LogP contribution is -1.98. The van der Waals surface area contributed by atoms with Crippen molar-refractivity contribution in [1.29, 1.82) is 0 Å². The Kier molecular flexibility index (Phi) is 1.86. The first-order valence-electron chi connectivity index (χ1n) is 3.26. The van der Waals surface area contributed by atoms with Crippen molar-refractivity contribution >= 4 is 11.4 Å². The van der Waals surface area contributed by atoms with E-state index in [1.54, 1.807) is 6.92 Å². The quantitative estimate of drug-likeness (QED) is 0.285. The Balaban J connectivity index is 3.43. The minimum Gasteiger partial charge on any atom is -0.506 e. The number of rotatable bonds is 1. The molecule has 0 aromatic heterocycles. The highest BCUT2D eigenvalue weighted by Crippen LogP contribution is 2.32. The van der Waals surface area contributed by atoms with Crippen LogP contribution in [0.2, 0.25) is 0 Å². The lowest BCUT2D eigenvalue weighted by molar-refractivity contribution is -0.384. The van der Waals surface area contributed by atoms with Gasteiger partial charge in [0, 0.05) is 5.56 Å². The van der Waals surface area contributed by atoms with Gasteiger partial charge < -0.3 is 10.8 Å². The largest absolute Gasteiger partial charge is 0.506 e. The fraction of sp³-hybridized carbons (Fsp3) is 0.143. The second-order valence-electron chi connectivity index (χ2n) is 2.42. The standard InChI is InChI=1S/C7H8N2O3/c1-4-2-3-5(10)6(8)7(4)9(11)12/h2-3,10H,8H2,1H3. The summed E-state index contributed by atoms with van der Waals surface area (Å²) in [5.41, 5.74) is 5.33. The van der Waals surface area contributed by atoms with Crippen LogP contribution in [-0.2, 0) is 0 Å². The maximum Gasteiger partial charge on any atom is 0.298 e. The highest BCUT2D eigenvalue weighted by Gasteiger charge is 2.17. The molecule has 1 aromatic carbocycles. The van der Waals surface area contributed by atoms with Crippen LogP contribution in [0, 0.1) is 17.0 Å². The number of aryl methyl sites for hydroxylation is 1. The number of nitrogens with two attached hydrogens (primary N) is 1. The summed E-state index contributed by atoms with van der Waals surface area (Å²) in [5, 5.41) is 19.5. The summed E-state index contributed by atoms with van der Waals surface area (Å²) in [6.07, 6.45) is 0. The zero-order valence-corrected chi connectivity index (χ0v) is 6.44. The molecule has 0 saturated carbocycles. The number of benzene rings is 1. The minimum absolute atomic E-state index is 0.181. The molecule has 0 heterocycles. The van der Waals surface area contributed by atoms with Gasteiger partial charge in [-0.25, -0.2) is 0 Å². The Hall–Kier alpha value is -1.78. The normalized spacial score (nSPS) is 9.75. The van der Waals surface area contributed by atoms with Crippen LogP contribution in [-0.4, -0.2) is 10.0 Å². The number of nitrogen functional groups attached to an aromatic ring is 1. The molecule has 1 aromatic rings. The van der Waals surface area contributed by atoms with E-state index in [1.807, 2.05) is 0 Å². The van der Waals surface area contributed by atoms with Gasteiger partial charge in [0.15, 0.2) is 5.69 Å². The predicted octanol–water partition coefficient (Wildman–Crippen LogP) is 1.19. The van der Waals surface area contributed by atoms with E-state index in [1.165, 1.54) is 12.1 Å². The van der Waals surface area contributed by atoms with Crippen LogP contribution in [0.1, 0.15) is 5.56 Å². The predicted molar refractivity (Wildman–Crippen MR) is 43.9 cm³/mol. The first-order chi connectivity index (χ1) is 5.54. The third kappa shape index (κ3) is 1.16. The van der Waals surface area contributed by atoms with Crippen molar-refractivity contribution in [3.63, 3.8) is 0 Å². The first kappa shape index (κ1) is 8.32. The van der Waals surface area contributed by atoms with Crippen molar-refractivity contribution in [3.8, 4) is 5.75 Å². The molecule has 5 heteroatoms.